The van der Waals surface area contributed by atoms with Gasteiger partial charge < -0.3 is 10.6 Å². The smallest absolute Gasteiger partial charge is 0.226 e. The van der Waals surface area contributed by atoms with Gasteiger partial charge in [0.05, 0.1) is 30.6 Å². The van der Waals surface area contributed by atoms with Crippen molar-refractivity contribution < 1.29 is 9.26 Å². The average molecular weight is 607 g/mol. The van der Waals surface area contributed by atoms with Crippen molar-refractivity contribution >= 4 is 85.2 Å². The van der Waals surface area contributed by atoms with Gasteiger partial charge in [-0.25, -0.2) is 24.2 Å². The summed E-state index contributed by atoms with van der Waals surface area (Å²) in [6.45, 7) is 3.77. The van der Waals surface area contributed by atoms with Crippen molar-refractivity contribution in [2.75, 3.05) is 19.8 Å². The molecule has 13 heteroatoms. The van der Waals surface area contributed by atoms with Gasteiger partial charge in [0.1, 0.15) is 5.69 Å². The van der Waals surface area contributed by atoms with Gasteiger partial charge in [0.25, 0.3) is 0 Å². The van der Waals surface area contributed by atoms with Gasteiger partial charge in [-0.3, -0.25) is 0 Å². The Bertz CT molecular complexity index is 1170. The van der Waals surface area contributed by atoms with Crippen molar-refractivity contribution in [3.63, 3.8) is 0 Å². The van der Waals surface area contributed by atoms with Gasteiger partial charge in [-0.05, 0) is 79.7 Å². The first-order valence-electron chi connectivity index (χ1n) is 7.82. The molecule has 0 aliphatic carbocycles. The Kier molecular flexibility index (Phi) is 6.21. The number of hydrogen-bond donors (Lipinski definition) is 1. The van der Waals surface area contributed by atoms with Crippen LogP contribution in [-0.2, 0) is 0 Å². The zero-order valence-corrected chi connectivity index (χ0v) is 19.6. The molecule has 11 nitrogen and oxygen atoms in total. The molecule has 0 spiro atoms. The van der Waals surface area contributed by atoms with E-state index in [9.17, 15) is 0 Å². The molecule has 0 aromatic carbocycles. The second-order valence-electron chi connectivity index (χ2n) is 5.87. The number of nitrogen functional groups attached to an aromatic ring is 1. The lowest BCUT2D eigenvalue weighted by Crippen LogP contribution is -2.07. The van der Waals surface area contributed by atoms with Gasteiger partial charge in [-0.1, -0.05) is 0 Å². The molecule has 4 rings (SSSR count). The highest BCUT2D eigenvalue weighted by atomic mass is 127. The standard InChI is InChI=1S/C9H10IN5O.C6H5IN4O/c1-5-6(10)7(11-4-15(2)3)8-9(12-5)14-16-13-8;1-2-3(7)4(8)5-6(9-2)11-12-10-5/h4H,1-3H3;8H2,1H3/b11-4-;. The molecule has 0 bridgehead atoms. The first-order valence-corrected chi connectivity index (χ1v) is 9.98. The van der Waals surface area contributed by atoms with Crippen molar-refractivity contribution in [1.82, 2.24) is 35.5 Å². The third-order valence-corrected chi connectivity index (χ3v) is 6.12. The molecular formula is C15H15I2N9O2. The van der Waals surface area contributed by atoms with Crippen LogP contribution in [0.4, 0.5) is 11.4 Å². The van der Waals surface area contributed by atoms with Crippen LogP contribution >= 0.6 is 45.2 Å². The minimum atomic E-state index is 0.463. The van der Waals surface area contributed by atoms with E-state index < -0.39 is 0 Å². The third kappa shape index (κ3) is 4.13. The van der Waals surface area contributed by atoms with Gasteiger partial charge >= 0.3 is 0 Å². The Morgan fingerprint density at radius 1 is 0.893 bits per heavy atom. The molecule has 0 amide bonds. The maximum atomic E-state index is 5.75. The van der Waals surface area contributed by atoms with Crippen molar-refractivity contribution in [3.8, 4) is 0 Å². The van der Waals surface area contributed by atoms with Crippen LogP contribution in [0, 0.1) is 21.0 Å². The molecule has 0 radical (unpaired) electrons. The minimum Gasteiger partial charge on any atom is -0.396 e. The molecule has 4 aromatic heterocycles. The van der Waals surface area contributed by atoms with Gasteiger partial charge in [0.2, 0.25) is 11.3 Å². The lowest BCUT2D eigenvalue weighted by Gasteiger charge is -2.04. The van der Waals surface area contributed by atoms with Crippen LogP contribution in [0.15, 0.2) is 14.3 Å². The highest BCUT2D eigenvalue weighted by molar-refractivity contribution is 14.1. The maximum Gasteiger partial charge on any atom is 0.226 e. The molecule has 28 heavy (non-hydrogen) atoms. The molecule has 0 aliphatic heterocycles. The molecule has 0 unspecified atom stereocenters. The Labute approximate surface area is 186 Å². The molecule has 0 atom stereocenters. The van der Waals surface area contributed by atoms with Crippen LogP contribution < -0.4 is 5.73 Å². The van der Waals surface area contributed by atoms with Crippen LogP contribution in [0.25, 0.3) is 22.3 Å². The van der Waals surface area contributed by atoms with Crippen molar-refractivity contribution in [2.24, 2.45) is 4.99 Å². The summed E-state index contributed by atoms with van der Waals surface area (Å²) < 4.78 is 11.0. The number of aliphatic imine (C=N–C) groups is 1. The summed E-state index contributed by atoms with van der Waals surface area (Å²) in [6, 6.07) is 0. The molecule has 2 N–H and O–H groups in total. The number of nitrogens with zero attached hydrogens (tertiary/aromatic N) is 8. The molecule has 146 valence electrons. The summed E-state index contributed by atoms with van der Waals surface area (Å²) in [7, 11) is 3.81. The fourth-order valence-corrected chi connectivity index (χ4v) is 3.01. The highest BCUT2D eigenvalue weighted by Gasteiger charge is 2.14. The molecule has 4 aromatic rings. The van der Waals surface area contributed by atoms with Crippen LogP contribution in [0.5, 0.6) is 0 Å². The zero-order valence-electron chi connectivity index (χ0n) is 15.3. The number of pyridine rings is 2. The number of anilines is 1. The highest BCUT2D eigenvalue weighted by Crippen LogP contribution is 2.29. The van der Waals surface area contributed by atoms with E-state index in [0.717, 1.165) is 24.2 Å². The number of aryl methyl sites for hydroxylation is 2. The summed E-state index contributed by atoms with van der Waals surface area (Å²) in [5.41, 5.74) is 10.9. The average Bonchev–Trinajstić information content (AvgIpc) is 3.29. The quantitative estimate of drug-likeness (QED) is 0.205. The van der Waals surface area contributed by atoms with E-state index in [2.05, 4.69) is 90.0 Å². The first-order chi connectivity index (χ1) is 13.3. The zero-order chi connectivity index (χ0) is 20.4. The number of halogens is 2. The SMILES string of the molecule is Cc1nc2nonc2c(/N=C\N(C)C)c1I.Cc1nc2nonc2c(N)c1I. The largest absolute Gasteiger partial charge is 0.396 e. The van der Waals surface area contributed by atoms with Crippen LogP contribution in [-0.4, -0.2) is 55.9 Å². The number of rotatable bonds is 2. The minimum absolute atomic E-state index is 0.463. The van der Waals surface area contributed by atoms with Crippen molar-refractivity contribution in [3.05, 3.63) is 18.5 Å². The Morgan fingerprint density at radius 3 is 2.04 bits per heavy atom. The Hall–Kier alpha value is -2.17. The van der Waals surface area contributed by atoms with Crippen LogP contribution in [0.3, 0.4) is 0 Å². The van der Waals surface area contributed by atoms with E-state index in [1.165, 1.54) is 0 Å². The van der Waals surface area contributed by atoms with Crippen LogP contribution in [0.1, 0.15) is 11.4 Å². The van der Waals surface area contributed by atoms with E-state index >= 15 is 0 Å². The number of hydrogen-bond acceptors (Lipinski definition) is 10. The summed E-state index contributed by atoms with van der Waals surface area (Å²) in [4.78, 5) is 14.6. The van der Waals surface area contributed by atoms with E-state index in [4.69, 9.17) is 5.73 Å². The molecule has 0 saturated heterocycles. The second kappa shape index (κ2) is 8.46. The van der Waals surface area contributed by atoms with Crippen molar-refractivity contribution in [2.45, 2.75) is 13.8 Å². The molecule has 0 aliphatic rings. The summed E-state index contributed by atoms with van der Waals surface area (Å²) in [6.07, 6.45) is 1.71. The lowest BCUT2D eigenvalue weighted by atomic mass is 10.3. The monoisotopic (exact) mass is 607 g/mol. The predicted octanol–water partition coefficient (Wildman–Crippen LogP) is 2.87. The maximum absolute atomic E-state index is 5.75. The fraction of sp³-hybridized carbons (Fsp3) is 0.267. The van der Waals surface area contributed by atoms with E-state index in [-0.39, 0.29) is 0 Å². The topological polar surface area (TPSA) is 145 Å². The first kappa shape index (κ1) is 20.6. The van der Waals surface area contributed by atoms with Gasteiger partial charge in [0.15, 0.2) is 11.0 Å². The van der Waals surface area contributed by atoms with E-state index in [1.54, 1.807) is 6.34 Å². The van der Waals surface area contributed by atoms with Gasteiger partial charge in [-0.2, -0.15) is 0 Å². The lowest BCUT2D eigenvalue weighted by molar-refractivity contribution is 0.315. The van der Waals surface area contributed by atoms with Crippen molar-refractivity contribution in [1.29, 1.82) is 0 Å². The van der Waals surface area contributed by atoms with Crippen LogP contribution in [0.2, 0.25) is 0 Å². The molecule has 0 fully saturated rings. The number of fused-ring (bicyclic) bond motifs is 2. The van der Waals surface area contributed by atoms with Gasteiger partial charge in [-0.15, -0.1) is 0 Å². The second-order valence-corrected chi connectivity index (χ2v) is 8.02. The van der Waals surface area contributed by atoms with Gasteiger partial charge in [0, 0.05) is 14.1 Å². The summed E-state index contributed by atoms with van der Waals surface area (Å²) >= 11 is 4.31. The summed E-state index contributed by atoms with van der Waals surface area (Å²) in [5.74, 6) is 0. The molecular weight excluding hydrogens is 592 g/mol. The van der Waals surface area contributed by atoms with E-state index in [0.29, 0.717) is 28.0 Å². The third-order valence-electron chi connectivity index (χ3n) is 3.47. The fourth-order valence-electron chi connectivity index (χ4n) is 2.11. The Morgan fingerprint density at radius 2 is 1.43 bits per heavy atom. The number of aromatic nitrogens is 6. The molecule has 4 heterocycles. The Balaban J connectivity index is 0.000000167. The predicted molar refractivity (Wildman–Crippen MR) is 120 cm³/mol. The normalized spacial score (nSPS) is 11.2. The molecule has 0 saturated carbocycles. The van der Waals surface area contributed by atoms with E-state index in [1.807, 2.05) is 32.8 Å². The number of nitrogens with two attached hydrogens (primary N) is 1. The summed E-state index contributed by atoms with van der Waals surface area (Å²) in [5, 5.41) is 14.8.